The van der Waals surface area contributed by atoms with Gasteiger partial charge in [-0.3, -0.25) is 0 Å². The van der Waals surface area contributed by atoms with E-state index in [1.807, 2.05) is 0 Å². The molecule has 6 nitrogen and oxygen atoms in total. The molecule has 0 atom stereocenters. The number of nitrogens with one attached hydrogen (secondary N) is 1. The fourth-order valence-corrected chi connectivity index (χ4v) is 0.857. The van der Waals surface area contributed by atoms with E-state index >= 15 is 0 Å². The van der Waals surface area contributed by atoms with Crippen molar-refractivity contribution in [3.63, 3.8) is 0 Å². The average Bonchev–Trinajstić information content (AvgIpc) is 2.20. The van der Waals surface area contributed by atoms with Crippen molar-refractivity contribution in [2.45, 2.75) is 38.8 Å². The predicted octanol–water partition coefficient (Wildman–Crippen LogP) is 1.47. The molecule has 0 saturated heterocycles. The smallest absolute Gasteiger partial charge is 0.222 e. The molecule has 0 fully saturated rings. The summed E-state index contributed by atoms with van der Waals surface area (Å²) in [6, 6.07) is 0. The maximum absolute atomic E-state index is 9.84. The average molecular weight is 211 g/mol. The van der Waals surface area contributed by atoms with Crippen molar-refractivity contribution < 1.29 is 14.4 Å². The van der Waals surface area contributed by atoms with Crippen LogP contribution in [0.15, 0.2) is 9.98 Å². The van der Waals surface area contributed by atoms with Gasteiger partial charge in [-0.15, -0.1) is 0 Å². The minimum atomic E-state index is -0.563. The molecule has 0 radical (unpaired) electrons. The van der Waals surface area contributed by atoms with Crippen molar-refractivity contribution in [1.29, 1.82) is 5.41 Å². The van der Waals surface area contributed by atoms with Crippen molar-refractivity contribution in [2.75, 3.05) is 0 Å². The van der Waals surface area contributed by atoms with E-state index in [9.17, 15) is 9.59 Å². The summed E-state index contributed by atoms with van der Waals surface area (Å²) < 4.78 is 0. The van der Waals surface area contributed by atoms with Gasteiger partial charge in [-0.2, -0.15) is 9.98 Å². The number of isocyanates is 3. The van der Waals surface area contributed by atoms with Gasteiger partial charge in [-0.25, -0.2) is 19.8 Å². The van der Waals surface area contributed by atoms with Crippen molar-refractivity contribution in [1.82, 2.24) is 0 Å². The SMILES string of the molecule is CCCCCC(N=C=O)N=C=O.N=C=O. The van der Waals surface area contributed by atoms with Crippen LogP contribution in [0, 0.1) is 5.41 Å². The Morgan fingerprint density at radius 3 is 1.93 bits per heavy atom. The van der Waals surface area contributed by atoms with Crippen molar-refractivity contribution in [3.8, 4) is 0 Å². The first-order valence-electron chi connectivity index (χ1n) is 4.44. The summed E-state index contributed by atoms with van der Waals surface area (Å²) in [7, 11) is 0. The van der Waals surface area contributed by atoms with Gasteiger partial charge in [-0.1, -0.05) is 19.8 Å². The quantitative estimate of drug-likeness (QED) is 0.409. The van der Waals surface area contributed by atoms with Crippen LogP contribution in [0.4, 0.5) is 0 Å². The number of aliphatic imine (C=N–C) groups is 2. The monoisotopic (exact) mass is 211 g/mol. The maximum atomic E-state index is 9.84. The summed E-state index contributed by atoms with van der Waals surface area (Å²) >= 11 is 0. The molecule has 82 valence electrons. The first kappa shape index (κ1) is 15.6. The molecule has 0 bridgehead atoms. The molecule has 0 aliphatic heterocycles. The molecule has 0 aliphatic carbocycles. The summed E-state index contributed by atoms with van der Waals surface area (Å²) in [4.78, 5) is 34.7. The first-order valence-corrected chi connectivity index (χ1v) is 4.44. The maximum Gasteiger partial charge on any atom is 0.237 e. The Morgan fingerprint density at radius 2 is 1.60 bits per heavy atom. The minimum Gasteiger partial charge on any atom is -0.222 e. The van der Waals surface area contributed by atoms with Crippen molar-refractivity contribution >= 4 is 18.2 Å². The number of hydrogen-bond donors (Lipinski definition) is 1. The number of hydrogen-bond acceptors (Lipinski definition) is 6. The minimum absolute atomic E-state index is 0.563. The van der Waals surface area contributed by atoms with Gasteiger partial charge in [0.05, 0.1) is 0 Å². The lowest BCUT2D eigenvalue weighted by Gasteiger charge is -2.00. The molecule has 0 amide bonds. The van der Waals surface area contributed by atoms with E-state index < -0.39 is 6.17 Å². The Morgan fingerprint density at radius 1 is 1.13 bits per heavy atom. The van der Waals surface area contributed by atoms with E-state index in [1.54, 1.807) is 0 Å². The molecule has 0 rings (SSSR count). The molecule has 0 aliphatic rings. The molecule has 0 aromatic heterocycles. The second kappa shape index (κ2) is 14.7. The third kappa shape index (κ3) is 14.9. The molecular formula is C9H13N3O3. The lowest BCUT2D eigenvalue weighted by Crippen LogP contribution is -1.99. The van der Waals surface area contributed by atoms with Crippen LogP contribution in [0.25, 0.3) is 0 Å². The zero-order chi connectivity index (χ0) is 11.9. The van der Waals surface area contributed by atoms with Crippen LogP contribution >= 0.6 is 0 Å². The van der Waals surface area contributed by atoms with Crippen LogP contribution in [-0.4, -0.2) is 24.4 Å². The molecule has 15 heavy (non-hydrogen) atoms. The number of nitrogens with zero attached hydrogens (tertiary/aromatic N) is 2. The predicted molar refractivity (Wildman–Crippen MR) is 52.6 cm³/mol. The van der Waals surface area contributed by atoms with E-state index in [1.165, 1.54) is 12.2 Å². The van der Waals surface area contributed by atoms with Crippen molar-refractivity contribution in [2.24, 2.45) is 9.98 Å². The van der Waals surface area contributed by atoms with Gasteiger partial charge in [0.25, 0.3) is 0 Å². The Hall–Kier alpha value is -1.86. The summed E-state index contributed by atoms with van der Waals surface area (Å²) in [6.07, 6.45) is 6.63. The molecule has 0 heterocycles. The summed E-state index contributed by atoms with van der Waals surface area (Å²) in [5.74, 6) is 0. The standard InChI is InChI=1S/C8H12N2O2.CHNO/c1-2-3-4-5-8(9-6-11)10-7-12;2-1-3/h8H,2-5H2,1H3;2H. The lowest BCUT2D eigenvalue weighted by atomic mass is 10.2. The third-order valence-corrected chi connectivity index (χ3v) is 1.47. The van der Waals surface area contributed by atoms with Gasteiger partial charge in [0.15, 0.2) is 6.17 Å². The van der Waals surface area contributed by atoms with E-state index in [0.717, 1.165) is 25.3 Å². The zero-order valence-electron chi connectivity index (χ0n) is 8.52. The molecule has 0 unspecified atom stereocenters. The highest BCUT2D eigenvalue weighted by Gasteiger charge is 2.02. The summed E-state index contributed by atoms with van der Waals surface area (Å²) in [6.45, 7) is 2.07. The van der Waals surface area contributed by atoms with Crippen molar-refractivity contribution in [3.05, 3.63) is 0 Å². The van der Waals surface area contributed by atoms with Crippen LogP contribution < -0.4 is 0 Å². The fraction of sp³-hybridized carbons (Fsp3) is 0.667. The normalized spacial score (nSPS) is 9.40. The first-order chi connectivity index (χ1) is 7.26. The molecule has 0 aromatic carbocycles. The molecule has 0 saturated carbocycles. The number of rotatable bonds is 6. The second-order valence-corrected chi connectivity index (χ2v) is 2.52. The molecule has 0 aromatic rings. The molecular weight excluding hydrogens is 198 g/mol. The Bertz CT molecular complexity index is 254. The van der Waals surface area contributed by atoms with Gasteiger partial charge < -0.3 is 0 Å². The lowest BCUT2D eigenvalue weighted by molar-refractivity contribution is 0.531. The van der Waals surface area contributed by atoms with Gasteiger partial charge in [-0.05, 0) is 12.8 Å². The largest absolute Gasteiger partial charge is 0.237 e. The van der Waals surface area contributed by atoms with E-state index in [-0.39, 0.29) is 0 Å². The summed E-state index contributed by atoms with van der Waals surface area (Å²) in [5.41, 5.74) is 0. The van der Waals surface area contributed by atoms with Gasteiger partial charge >= 0.3 is 0 Å². The molecule has 0 spiro atoms. The highest BCUT2D eigenvalue weighted by atomic mass is 16.1. The van der Waals surface area contributed by atoms with Crippen LogP contribution in [-0.2, 0) is 14.4 Å². The highest BCUT2D eigenvalue weighted by molar-refractivity contribution is 5.36. The Labute approximate surface area is 87.6 Å². The van der Waals surface area contributed by atoms with Crippen LogP contribution in [0.5, 0.6) is 0 Å². The van der Waals surface area contributed by atoms with E-state index in [2.05, 4.69) is 16.9 Å². The third-order valence-electron chi connectivity index (χ3n) is 1.47. The van der Waals surface area contributed by atoms with Crippen LogP contribution in [0.1, 0.15) is 32.6 Å². The Kier molecular flexibility index (Phi) is 15.2. The zero-order valence-corrected chi connectivity index (χ0v) is 8.52. The molecule has 1 N–H and O–H groups in total. The second-order valence-electron chi connectivity index (χ2n) is 2.52. The van der Waals surface area contributed by atoms with Gasteiger partial charge in [0.2, 0.25) is 18.2 Å². The number of carbonyl (C=O) groups excluding carboxylic acids is 3. The van der Waals surface area contributed by atoms with Crippen LogP contribution in [0.2, 0.25) is 0 Å². The van der Waals surface area contributed by atoms with Crippen LogP contribution in [0.3, 0.4) is 0 Å². The highest BCUT2D eigenvalue weighted by Crippen LogP contribution is 2.06. The fourth-order valence-electron chi connectivity index (χ4n) is 0.857. The van der Waals surface area contributed by atoms with Gasteiger partial charge in [0, 0.05) is 0 Å². The topological polar surface area (TPSA) is 99.8 Å². The Balaban J connectivity index is 0. The van der Waals surface area contributed by atoms with E-state index in [0.29, 0.717) is 6.42 Å². The summed E-state index contributed by atoms with van der Waals surface area (Å²) in [5, 5.41) is 5.40. The molecule has 6 heteroatoms. The van der Waals surface area contributed by atoms with Gasteiger partial charge in [0.1, 0.15) is 0 Å². The van der Waals surface area contributed by atoms with E-state index in [4.69, 9.17) is 10.2 Å². The number of unbranched alkanes of at least 4 members (excludes halogenated alkanes) is 2.